The van der Waals surface area contributed by atoms with E-state index in [0.29, 0.717) is 0 Å². The smallest absolute Gasteiger partial charge is 0.191 e. The molecule has 0 saturated carbocycles. The molecule has 6 nitrogen and oxygen atoms in total. The van der Waals surface area contributed by atoms with Crippen LogP contribution in [-0.4, -0.2) is 73.1 Å². The summed E-state index contributed by atoms with van der Waals surface area (Å²) in [7, 11) is 0. The van der Waals surface area contributed by atoms with Crippen LogP contribution in [0.15, 0.2) is 41.5 Å². The zero-order chi connectivity index (χ0) is 20.3. The Bertz CT molecular complexity index is 737. The summed E-state index contributed by atoms with van der Waals surface area (Å²) >= 11 is 1.77. The van der Waals surface area contributed by atoms with E-state index in [2.05, 4.69) is 69.6 Å². The lowest BCUT2D eigenvalue weighted by Crippen LogP contribution is -2.46. The third-order valence-corrected chi connectivity index (χ3v) is 6.02. The molecule has 1 aromatic carbocycles. The number of rotatable bonds is 9. The Balaban J connectivity index is 1.34. The fourth-order valence-corrected chi connectivity index (χ4v) is 4.25. The van der Waals surface area contributed by atoms with Crippen molar-refractivity contribution in [3.8, 4) is 0 Å². The Morgan fingerprint density at radius 2 is 1.86 bits per heavy atom. The second-order valence-electron chi connectivity index (χ2n) is 7.41. The van der Waals surface area contributed by atoms with Crippen LogP contribution < -0.4 is 10.6 Å². The number of nitrogens with one attached hydrogen (secondary N) is 2. The summed E-state index contributed by atoms with van der Waals surface area (Å²) in [5.74, 6) is 0.906. The molecule has 0 unspecified atom stereocenters. The van der Waals surface area contributed by atoms with E-state index in [4.69, 9.17) is 4.99 Å². The molecule has 2 aromatic rings. The molecule has 1 aromatic heterocycles. The van der Waals surface area contributed by atoms with Crippen molar-refractivity contribution in [1.29, 1.82) is 0 Å². The van der Waals surface area contributed by atoms with Crippen molar-refractivity contribution in [2.24, 2.45) is 4.99 Å². The third-order valence-electron chi connectivity index (χ3n) is 5.04. The second-order valence-corrected chi connectivity index (χ2v) is 8.72. The van der Waals surface area contributed by atoms with E-state index in [9.17, 15) is 0 Å². The number of thiazole rings is 1. The van der Waals surface area contributed by atoms with Gasteiger partial charge in [-0.25, -0.2) is 4.98 Å². The maximum Gasteiger partial charge on any atom is 0.191 e. The largest absolute Gasteiger partial charge is 0.357 e. The lowest BCUT2D eigenvalue weighted by Gasteiger charge is -2.34. The lowest BCUT2D eigenvalue weighted by molar-refractivity contribution is 0.130. The number of hydrogen-bond acceptors (Lipinski definition) is 5. The average Bonchev–Trinajstić information content (AvgIpc) is 3.15. The molecule has 0 radical (unpaired) electrons. The van der Waals surface area contributed by atoms with Crippen LogP contribution in [0.3, 0.4) is 0 Å². The maximum atomic E-state index is 4.75. The average molecular weight is 415 g/mol. The molecule has 0 aliphatic carbocycles. The van der Waals surface area contributed by atoms with Crippen LogP contribution in [0, 0.1) is 6.92 Å². The quantitative estimate of drug-likeness (QED) is 0.487. The highest BCUT2D eigenvalue weighted by atomic mass is 32.1. The standard InChI is InChI=1S/C22H34N6S/c1-3-23-22(24-10-9-21-26-17-19(2)29-21)25-11-12-27-13-15-28(16-14-27)18-20-7-5-4-6-8-20/h4-8,17H,3,9-16,18H2,1-2H3,(H2,23,24,25). The predicted octanol–water partition coefficient (Wildman–Crippen LogP) is 2.37. The number of aryl methyl sites for hydroxylation is 1. The van der Waals surface area contributed by atoms with E-state index in [-0.39, 0.29) is 0 Å². The number of nitrogens with zero attached hydrogens (tertiary/aromatic N) is 4. The normalized spacial score (nSPS) is 16.1. The minimum atomic E-state index is 0.824. The Kier molecular flexibility index (Phi) is 8.92. The van der Waals surface area contributed by atoms with Gasteiger partial charge in [-0.15, -0.1) is 11.3 Å². The van der Waals surface area contributed by atoms with Crippen LogP contribution in [0.1, 0.15) is 22.4 Å². The van der Waals surface area contributed by atoms with E-state index in [1.807, 2.05) is 6.20 Å². The topological polar surface area (TPSA) is 55.8 Å². The van der Waals surface area contributed by atoms with Crippen LogP contribution in [0.2, 0.25) is 0 Å². The van der Waals surface area contributed by atoms with Gasteiger partial charge in [0.05, 0.1) is 11.6 Å². The second kappa shape index (κ2) is 11.9. The Morgan fingerprint density at radius 1 is 1.10 bits per heavy atom. The molecule has 29 heavy (non-hydrogen) atoms. The summed E-state index contributed by atoms with van der Waals surface area (Å²) in [6.07, 6.45) is 2.88. The fourth-order valence-electron chi connectivity index (χ4n) is 3.46. The first-order valence-electron chi connectivity index (χ1n) is 10.6. The van der Waals surface area contributed by atoms with Gasteiger partial charge in [0.2, 0.25) is 0 Å². The van der Waals surface area contributed by atoms with Gasteiger partial charge in [0.25, 0.3) is 0 Å². The van der Waals surface area contributed by atoms with Crippen LogP contribution in [-0.2, 0) is 13.0 Å². The molecule has 2 heterocycles. The minimum absolute atomic E-state index is 0.824. The molecule has 158 valence electrons. The zero-order valence-electron chi connectivity index (χ0n) is 17.7. The zero-order valence-corrected chi connectivity index (χ0v) is 18.5. The van der Waals surface area contributed by atoms with Crippen molar-refractivity contribution < 1.29 is 0 Å². The minimum Gasteiger partial charge on any atom is -0.357 e. The highest BCUT2D eigenvalue weighted by Crippen LogP contribution is 2.11. The van der Waals surface area contributed by atoms with Gasteiger partial charge in [0, 0.05) is 69.9 Å². The highest BCUT2D eigenvalue weighted by Gasteiger charge is 2.16. The highest BCUT2D eigenvalue weighted by molar-refractivity contribution is 7.11. The number of piperazine rings is 1. The first-order chi connectivity index (χ1) is 14.2. The molecule has 0 atom stereocenters. The van der Waals surface area contributed by atoms with E-state index in [1.165, 1.54) is 15.4 Å². The SMILES string of the molecule is CCNC(=NCCN1CCN(Cc2ccccc2)CC1)NCCc1ncc(C)s1. The first kappa shape index (κ1) is 21.7. The molecule has 1 aliphatic heterocycles. The monoisotopic (exact) mass is 414 g/mol. The number of hydrogen-bond donors (Lipinski definition) is 2. The summed E-state index contributed by atoms with van der Waals surface area (Å²) in [6, 6.07) is 10.8. The van der Waals surface area contributed by atoms with Crippen molar-refractivity contribution in [3.63, 3.8) is 0 Å². The van der Waals surface area contributed by atoms with Gasteiger partial charge in [0.1, 0.15) is 0 Å². The first-order valence-corrected chi connectivity index (χ1v) is 11.5. The summed E-state index contributed by atoms with van der Waals surface area (Å²) in [5.41, 5.74) is 1.40. The van der Waals surface area contributed by atoms with E-state index in [0.717, 1.165) is 71.3 Å². The molecule has 7 heteroatoms. The molecular formula is C22H34N6S. The van der Waals surface area contributed by atoms with Crippen molar-refractivity contribution in [3.05, 3.63) is 52.0 Å². The van der Waals surface area contributed by atoms with Gasteiger partial charge < -0.3 is 10.6 Å². The number of aliphatic imine (C=N–C) groups is 1. The van der Waals surface area contributed by atoms with Crippen molar-refractivity contribution >= 4 is 17.3 Å². The Morgan fingerprint density at radius 3 is 2.55 bits per heavy atom. The molecule has 3 rings (SSSR count). The number of benzene rings is 1. The molecular weight excluding hydrogens is 380 g/mol. The molecule has 1 fully saturated rings. The maximum absolute atomic E-state index is 4.75. The summed E-state index contributed by atoms with van der Waals surface area (Å²) in [6.45, 7) is 13.3. The van der Waals surface area contributed by atoms with E-state index >= 15 is 0 Å². The summed E-state index contributed by atoms with van der Waals surface area (Å²) in [4.78, 5) is 15.5. The predicted molar refractivity (Wildman–Crippen MR) is 123 cm³/mol. The summed E-state index contributed by atoms with van der Waals surface area (Å²) in [5, 5.41) is 7.95. The number of guanidine groups is 1. The lowest BCUT2D eigenvalue weighted by atomic mass is 10.2. The third kappa shape index (κ3) is 7.76. The van der Waals surface area contributed by atoms with Gasteiger partial charge in [-0.05, 0) is 19.4 Å². The number of aromatic nitrogens is 1. The van der Waals surface area contributed by atoms with Crippen LogP contribution in [0.4, 0.5) is 0 Å². The van der Waals surface area contributed by atoms with Gasteiger partial charge in [-0.1, -0.05) is 30.3 Å². The van der Waals surface area contributed by atoms with Crippen molar-refractivity contribution in [2.45, 2.75) is 26.8 Å². The van der Waals surface area contributed by atoms with Crippen molar-refractivity contribution in [1.82, 2.24) is 25.4 Å². The van der Waals surface area contributed by atoms with Crippen molar-refractivity contribution in [2.75, 3.05) is 52.4 Å². The summed E-state index contributed by atoms with van der Waals surface area (Å²) < 4.78 is 0. The van der Waals surface area contributed by atoms with Crippen LogP contribution in [0.25, 0.3) is 0 Å². The molecule has 2 N–H and O–H groups in total. The van der Waals surface area contributed by atoms with E-state index in [1.54, 1.807) is 11.3 Å². The fraction of sp³-hybridized carbons (Fsp3) is 0.545. The Labute approximate surface area is 179 Å². The molecule has 0 spiro atoms. The van der Waals surface area contributed by atoms with Gasteiger partial charge in [-0.2, -0.15) is 0 Å². The Hall–Kier alpha value is -1.96. The van der Waals surface area contributed by atoms with E-state index < -0.39 is 0 Å². The van der Waals surface area contributed by atoms with Crippen LogP contribution >= 0.6 is 11.3 Å². The molecule has 1 saturated heterocycles. The molecule has 0 bridgehead atoms. The van der Waals surface area contributed by atoms with Crippen LogP contribution in [0.5, 0.6) is 0 Å². The molecule has 0 amide bonds. The molecule has 1 aliphatic rings. The van der Waals surface area contributed by atoms with Gasteiger partial charge >= 0.3 is 0 Å². The van der Waals surface area contributed by atoms with Gasteiger partial charge in [-0.3, -0.25) is 14.8 Å². The van der Waals surface area contributed by atoms with Gasteiger partial charge in [0.15, 0.2) is 5.96 Å².